The minimum Gasteiger partial charge on any atom is -0.489 e. The molecule has 0 aliphatic carbocycles. The molecule has 1 aromatic carbocycles. The molecule has 0 unspecified atom stereocenters. The maximum absolute atomic E-state index is 13.2. The van der Waals surface area contributed by atoms with E-state index in [9.17, 15) is 4.39 Å². The second-order valence-corrected chi connectivity index (χ2v) is 4.27. The molecule has 0 atom stereocenters. The first-order valence-electron chi connectivity index (χ1n) is 5.88. The molecule has 2 rings (SSSR count). The van der Waals surface area contributed by atoms with Crippen LogP contribution in [0.25, 0.3) is 0 Å². The summed E-state index contributed by atoms with van der Waals surface area (Å²) in [5.41, 5.74) is 0.544. The molecule has 18 heavy (non-hydrogen) atoms. The monoisotopic (exact) mass is 268 g/mol. The molecule has 1 aliphatic heterocycles. The van der Waals surface area contributed by atoms with Crippen LogP contribution in [0.5, 0.6) is 5.75 Å². The molecular formula is C14H14ClFO2. The summed E-state index contributed by atoms with van der Waals surface area (Å²) in [4.78, 5) is 0. The van der Waals surface area contributed by atoms with Crippen LogP contribution < -0.4 is 4.74 Å². The van der Waals surface area contributed by atoms with Crippen molar-refractivity contribution in [1.29, 1.82) is 0 Å². The van der Waals surface area contributed by atoms with Gasteiger partial charge in [0, 0.05) is 12.8 Å². The number of hydrogen-bond acceptors (Lipinski definition) is 2. The molecule has 0 N–H and O–H groups in total. The maximum atomic E-state index is 13.2. The second-order valence-electron chi connectivity index (χ2n) is 4.01. The third-order valence-electron chi connectivity index (χ3n) is 2.69. The highest BCUT2D eigenvalue weighted by Crippen LogP contribution is 2.23. The quantitative estimate of drug-likeness (QED) is 0.606. The molecule has 96 valence electrons. The minimum absolute atomic E-state index is 0.112. The average molecular weight is 269 g/mol. The third kappa shape index (κ3) is 3.63. The van der Waals surface area contributed by atoms with E-state index in [0.29, 0.717) is 24.5 Å². The smallest absolute Gasteiger partial charge is 0.135 e. The SMILES string of the molecule is Fc1ccc(OC2CCOCC2)c(C#CCCl)c1. The lowest BCUT2D eigenvalue weighted by Crippen LogP contribution is -2.26. The summed E-state index contributed by atoms with van der Waals surface area (Å²) in [6.45, 7) is 1.41. The summed E-state index contributed by atoms with van der Waals surface area (Å²) in [7, 11) is 0. The average Bonchev–Trinajstić information content (AvgIpc) is 2.40. The Morgan fingerprint density at radius 3 is 2.89 bits per heavy atom. The lowest BCUT2D eigenvalue weighted by molar-refractivity contribution is 0.0254. The van der Waals surface area contributed by atoms with Crippen molar-refractivity contribution in [2.45, 2.75) is 18.9 Å². The Bertz CT molecular complexity index is 459. The van der Waals surface area contributed by atoms with Gasteiger partial charge in [-0.05, 0) is 18.2 Å². The minimum atomic E-state index is -0.326. The van der Waals surface area contributed by atoms with Gasteiger partial charge in [0.1, 0.15) is 17.7 Å². The summed E-state index contributed by atoms with van der Waals surface area (Å²) in [5.74, 6) is 6.03. The number of ether oxygens (including phenoxy) is 2. The van der Waals surface area contributed by atoms with E-state index in [0.717, 1.165) is 12.8 Å². The van der Waals surface area contributed by atoms with E-state index in [1.54, 1.807) is 6.07 Å². The van der Waals surface area contributed by atoms with Crippen molar-refractivity contribution < 1.29 is 13.9 Å². The lowest BCUT2D eigenvalue weighted by Gasteiger charge is -2.23. The van der Waals surface area contributed by atoms with Crippen molar-refractivity contribution in [2.24, 2.45) is 0 Å². The predicted molar refractivity (Wildman–Crippen MR) is 68.5 cm³/mol. The Balaban J connectivity index is 2.15. The summed E-state index contributed by atoms with van der Waals surface area (Å²) in [5, 5.41) is 0. The first-order valence-corrected chi connectivity index (χ1v) is 6.42. The van der Waals surface area contributed by atoms with E-state index in [1.165, 1.54) is 12.1 Å². The summed E-state index contributed by atoms with van der Waals surface area (Å²) in [6, 6.07) is 4.36. The number of alkyl halides is 1. The highest BCUT2D eigenvalue weighted by Gasteiger charge is 2.16. The molecule has 0 aromatic heterocycles. The van der Waals surface area contributed by atoms with Crippen molar-refractivity contribution >= 4 is 11.6 Å². The van der Waals surface area contributed by atoms with Crippen LogP contribution >= 0.6 is 11.6 Å². The molecule has 0 amide bonds. The molecule has 1 saturated heterocycles. The molecule has 0 saturated carbocycles. The van der Waals surface area contributed by atoms with Crippen molar-refractivity contribution in [3.63, 3.8) is 0 Å². The van der Waals surface area contributed by atoms with Gasteiger partial charge in [-0.1, -0.05) is 11.8 Å². The number of halogens is 2. The lowest BCUT2D eigenvalue weighted by atomic mass is 10.1. The molecule has 2 nitrogen and oxygen atoms in total. The predicted octanol–water partition coefficient (Wildman–Crippen LogP) is 2.97. The normalized spacial score (nSPS) is 15.9. The second kappa shape index (κ2) is 6.63. The molecule has 0 radical (unpaired) electrons. The van der Waals surface area contributed by atoms with Crippen LogP contribution in [0, 0.1) is 17.7 Å². The Hall–Kier alpha value is -1.24. The Morgan fingerprint density at radius 2 is 2.17 bits per heavy atom. The molecule has 1 aliphatic rings. The van der Waals surface area contributed by atoms with Crippen LogP contribution in [0.2, 0.25) is 0 Å². The van der Waals surface area contributed by atoms with Gasteiger partial charge < -0.3 is 9.47 Å². The van der Waals surface area contributed by atoms with E-state index in [1.807, 2.05) is 0 Å². The third-order valence-corrected chi connectivity index (χ3v) is 2.83. The van der Waals surface area contributed by atoms with Crippen LogP contribution in [0.15, 0.2) is 18.2 Å². The van der Waals surface area contributed by atoms with Crippen molar-refractivity contribution in [2.75, 3.05) is 19.1 Å². The van der Waals surface area contributed by atoms with Crippen LogP contribution in [-0.2, 0) is 4.74 Å². The van der Waals surface area contributed by atoms with Gasteiger partial charge in [-0.15, -0.1) is 11.6 Å². The van der Waals surface area contributed by atoms with E-state index in [2.05, 4.69) is 11.8 Å². The highest BCUT2D eigenvalue weighted by atomic mass is 35.5. The largest absolute Gasteiger partial charge is 0.489 e. The van der Waals surface area contributed by atoms with Gasteiger partial charge in [0.2, 0.25) is 0 Å². The van der Waals surface area contributed by atoms with Gasteiger partial charge in [0.15, 0.2) is 0 Å². The molecule has 1 fully saturated rings. The zero-order valence-corrected chi connectivity index (χ0v) is 10.7. The molecule has 1 heterocycles. The van der Waals surface area contributed by atoms with Crippen LogP contribution in [0.4, 0.5) is 4.39 Å². The summed E-state index contributed by atoms with van der Waals surface area (Å²) >= 11 is 5.51. The summed E-state index contributed by atoms with van der Waals surface area (Å²) in [6.07, 6.45) is 1.81. The van der Waals surface area contributed by atoms with Gasteiger partial charge in [-0.3, -0.25) is 0 Å². The fourth-order valence-corrected chi connectivity index (χ4v) is 1.87. The van der Waals surface area contributed by atoms with Gasteiger partial charge >= 0.3 is 0 Å². The van der Waals surface area contributed by atoms with E-state index in [4.69, 9.17) is 21.1 Å². The van der Waals surface area contributed by atoms with Gasteiger partial charge in [-0.2, -0.15) is 0 Å². The first kappa shape index (κ1) is 13.2. The molecule has 0 bridgehead atoms. The first-order chi connectivity index (χ1) is 8.79. The van der Waals surface area contributed by atoms with Crippen LogP contribution in [-0.4, -0.2) is 25.2 Å². The van der Waals surface area contributed by atoms with Crippen LogP contribution in [0.3, 0.4) is 0 Å². The molecule has 1 aromatic rings. The van der Waals surface area contributed by atoms with Gasteiger partial charge in [0.25, 0.3) is 0 Å². The molecular weight excluding hydrogens is 255 g/mol. The maximum Gasteiger partial charge on any atom is 0.135 e. The Morgan fingerprint density at radius 1 is 1.39 bits per heavy atom. The van der Waals surface area contributed by atoms with Gasteiger partial charge in [-0.25, -0.2) is 4.39 Å². The van der Waals surface area contributed by atoms with Crippen molar-refractivity contribution in [3.05, 3.63) is 29.6 Å². The highest BCUT2D eigenvalue weighted by molar-refractivity contribution is 6.19. The zero-order valence-electron chi connectivity index (χ0n) is 9.92. The zero-order chi connectivity index (χ0) is 12.8. The number of hydrogen-bond donors (Lipinski definition) is 0. The van der Waals surface area contributed by atoms with Crippen molar-refractivity contribution in [1.82, 2.24) is 0 Å². The molecule has 0 spiro atoms. The van der Waals surface area contributed by atoms with E-state index in [-0.39, 0.29) is 17.8 Å². The van der Waals surface area contributed by atoms with Gasteiger partial charge in [0.05, 0.1) is 24.7 Å². The standard InChI is InChI=1S/C14H14ClFO2/c15-7-1-2-11-10-12(16)3-4-14(11)18-13-5-8-17-9-6-13/h3-4,10,13H,5-9H2. The topological polar surface area (TPSA) is 18.5 Å². The fourth-order valence-electron chi connectivity index (χ4n) is 1.80. The number of rotatable bonds is 2. The number of benzene rings is 1. The fraction of sp³-hybridized carbons (Fsp3) is 0.429. The van der Waals surface area contributed by atoms with Crippen LogP contribution in [0.1, 0.15) is 18.4 Å². The Kier molecular flexibility index (Phi) is 4.86. The molecule has 4 heteroatoms. The van der Waals surface area contributed by atoms with E-state index >= 15 is 0 Å². The van der Waals surface area contributed by atoms with E-state index < -0.39 is 0 Å². The Labute approximate surface area is 111 Å². The summed E-state index contributed by atoms with van der Waals surface area (Å²) < 4.78 is 24.3. The van der Waals surface area contributed by atoms with Crippen molar-refractivity contribution in [3.8, 4) is 17.6 Å².